The Balaban J connectivity index is 1.31. The van der Waals surface area contributed by atoms with E-state index in [1.165, 1.54) is 12.1 Å². The fourth-order valence-electron chi connectivity index (χ4n) is 5.25. The SMILES string of the molecule is CN(Cc1ncc[nH]1)Cc1ccc2n(c1=O)C[C@H]1C[C@@H]2CN(C2COCCOC2)C1. The van der Waals surface area contributed by atoms with E-state index in [2.05, 4.69) is 25.8 Å². The number of aromatic amines is 1. The Morgan fingerprint density at radius 2 is 2.00 bits per heavy atom. The van der Waals surface area contributed by atoms with Gasteiger partial charge in [0.15, 0.2) is 0 Å². The van der Waals surface area contributed by atoms with Crippen molar-refractivity contribution in [1.82, 2.24) is 24.3 Å². The lowest BCUT2D eigenvalue weighted by molar-refractivity contribution is 0.0234. The summed E-state index contributed by atoms with van der Waals surface area (Å²) in [5.41, 5.74) is 2.21. The highest BCUT2D eigenvalue weighted by atomic mass is 16.5. The lowest BCUT2D eigenvalue weighted by Crippen LogP contribution is -2.53. The molecule has 2 aromatic heterocycles. The number of rotatable bonds is 5. The molecule has 162 valence electrons. The van der Waals surface area contributed by atoms with Crippen LogP contribution in [0.15, 0.2) is 29.3 Å². The Morgan fingerprint density at radius 3 is 2.77 bits per heavy atom. The quantitative estimate of drug-likeness (QED) is 0.790. The Bertz CT molecular complexity index is 904. The van der Waals surface area contributed by atoms with Crippen molar-refractivity contribution in [3.8, 4) is 0 Å². The zero-order chi connectivity index (χ0) is 20.5. The van der Waals surface area contributed by atoms with Crippen molar-refractivity contribution in [3.63, 3.8) is 0 Å². The van der Waals surface area contributed by atoms with E-state index in [0.29, 0.717) is 44.2 Å². The second-order valence-electron chi connectivity index (χ2n) is 8.96. The topological polar surface area (TPSA) is 75.6 Å². The highest BCUT2D eigenvalue weighted by molar-refractivity contribution is 5.22. The minimum absolute atomic E-state index is 0.170. The smallest absolute Gasteiger partial charge is 0.255 e. The van der Waals surface area contributed by atoms with Gasteiger partial charge in [-0.15, -0.1) is 0 Å². The molecule has 0 aromatic carbocycles. The molecule has 0 amide bonds. The van der Waals surface area contributed by atoms with Crippen molar-refractivity contribution in [1.29, 1.82) is 0 Å². The second kappa shape index (κ2) is 8.63. The number of pyridine rings is 1. The molecule has 2 saturated heterocycles. The van der Waals surface area contributed by atoms with E-state index in [-0.39, 0.29) is 5.56 Å². The van der Waals surface area contributed by atoms with Gasteiger partial charge in [0.05, 0.1) is 39.0 Å². The summed E-state index contributed by atoms with van der Waals surface area (Å²) in [4.78, 5) is 25.3. The third-order valence-corrected chi connectivity index (χ3v) is 6.63. The summed E-state index contributed by atoms with van der Waals surface area (Å²) in [6, 6.07) is 4.54. The number of hydrogen-bond acceptors (Lipinski definition) is 6. The van der Waals surface area contributed by atoms with Gasteiger partial charge in [0.1, 0.15) is 5.82 Å². The summed E-state index contributed by atoms with van der Waals surface area (Å²) in [6.07, 6.45) is 4.75. The maximum absolute atomic E-state index is 13.3. The van der Waals surface area contributed by atoms with E-state index in [0.717, 1.165) is 44.2 Å². The molecule has 8 heteroatoms. The van der Waals surface area contributed by atoms with Crippen LogP contribution in [0.2, 0.25) is 0 Å². The molecule has 1 N–H and O–H groups in total. The average Bonchev–Trinajstić information content (AvgIpc) is 3.09. The van der Waals surface area contributed by atoms with E-state index in [4.69, 9.17) is 9.47 Å². The van der Waals surface area contributed by atoms with Crippen LogP contribution in [0.4, 0.5) is 0 Å². The first-order chi connectivity index (χ1) is 14.7. The Morgan fingerprint density at radius 1 is 1.17 bits per heavy atom. The lowest BCUT2D eigenvalue weighted by atomic mass is 9.82. The molecule has 2 fully saturated rings. The molecule has 5 heterocycles. The zero-order valence-electron chi connectivity index (χ0n) is 17.6. The minimum Gasteiger partial charge on any atom is -0.377 e. The van der Waals surface area contributed by atoms with E-state index >= 15 is 0 Å². The van der Waals surface area contributed by atoms with Crippen LogP contribution in [-0.2, 0) is 29.1 Å². The third kappa shape index (κ3) is 4.09. The molecule has 2 bridgehead atoms. The molecule has 0 unspecified atom stereocenters. The predicted octanol–water partition coefficient (Wildman–Crippen LogP) is 1.04. The molecular weight excluding hydrogens is 382 g/mol. The Hall–Kier alpha value is -2.00. The number of likely N-dealkylation sites (tertiary alicyclic amines) is 1. The fourth-order valence-corrected chi connectivity index (χ4v) is 5.25. The van der Waals surface area contributed by atoms with Crippen LogP contribution >= 0.6 is 0 Å². The van der Waals surface area contributed by atoms with E-state index in [1.54, 1.807) is 6.20 Å². The zero-order valence-corrected chi connectivity index (χ0v) is 17.6. The molecule has 3 aliphatic heterocycles. The van der Waals surface area contributed by atoms with Crippen LogP contribution in [0.1, 0.15) is 29.4 Å². The molecule has 2 aromatic rings. The molecule has 0 aliphatic carbocycles. The van der Waals surface area contributed by atoms with Gasteiger partial charge in [-0.25, -0.2) is 4.98 Å². The molecule has 0 spiro atoms. The van der Waals surface area contributed by atoms with Gasteiger partial charge >= 0.3 is 0 Å². The standard InChI is InChI=1S/C22H31N5O3/c1-25(13-21-23-4-5-24-21)11-17-2-3-20-18-8-16(10-27(20)22(17)28)9-26(12-18)19-14-29-6-7-30-15-19/h2-5,16,18-19H,6-15H2,1H3,(H,23,24)/t16-,18+/m0/s1. The number of fused-ring (bicyclic) bond motifs is 4. The van der Waals surface area contributed by atoms with Crippen molar-refractivity contribution in [3.05, 3.63) is 52.0 Å². The van der Waals surface area contributed by atoms with Gasteiger partial charge in [-0.1, -0.05) is 6.07 Å². The van der Waals surface area contributed by atoms with Gasteiger partial charge in [-0.2, -0.15) is 0 Å². The highest BCUT2D eigenvalue weighted by Gasteiger charge is 2.37. The maximum atomic E-state index is 13.3. The number of hydrogen-bond donors (Lipinski definition) is 1. The molecular formula is C22H31N5O3. The minimum atomic E-state index is 0.170. The maximum Gasteiger partial charge on any atom is 0.255 e. The number of nitrogens with zero attached hydrogens (tertiary/aromatic N) is 4. The molecule has 0 saturated carbocycles. The van der Waals surface area contributed by atoms with Crippen LogP contribution in [0.5, 0.6) is 0 Å². The third-order valence-electron chi connectivity index (χ3n) is 6.63. The van der Waals surface area contributed by atoms with E-state index in [9.17, 15) is 4.79 Å². The summed E-state index contributed by atoms with van der Waals surface area (Å²) >= 11 is 0. The molecule has 2 atom stereocenters. The number of ether oxygens (including phenoxy) is 2. The van der Waals surface area contributed by atoms with Crippen LogP contribution in [0.25, 0.3) is 0 Å². The molecule has 8 nitrogen and oxygen atoms in total. The number of piperidine rings is 1. The van der Waals surface area contributed by atoms with Gasteiger partial charge in [-0.05, 0) is 25.5 Å². The van der Waals surface area contributed by atoms with Crippen molar-refractivity contribution < 1.29 is 9.47 Å². The first kappa shape index (κ1) is 19.9. The van der Waals surface area contributed by atoms with Crippen molar-refractivity contribution in [2.75, 3.05) is 46.6 Å². The van der Waals surface area contributed by atoms with Crippen LogP contribution in [0, 0.1) is 5.92 Å². The number of aromatic nitrogens is 3. The Labute approximate surface area is 176 Å². The lowest BCUT2D eigenvalue weighted by Gasteiger charge is -2.45. The van der Waals surface area contributed by atoms with Crippen LogP contribution < -0.4 is 5.56 Å². The first-order valence-electron chi connectivity index (χ1n) is 11.0. The van der Waals surface area contributed by atoms with Crippen LogP contribution in [-0.4, -0.2) is 76.9 Å². The predicted molar refractivity (Wildman–Crippen MR) is 112 cm³/mol. The highest BCUT2D eigenvalue weighted by Crippen LogP contribution is 2.36. The molecule has 5 rings (SSSR count). The normalized spacial score (nSPS) is 25.3. The van der Waals surface area contributed by atoms with E-state index < -0.39 is 0 Å². The van der Waals surface area contributed by atoms with Gasteiger partial charge in [0, 0.05) is 55.7 Å². The van der Waals surface area contributed by atoms with E-state index in [1.807, 2.05) is 23.9 Å². The summed E-state index contributed by atoms with van der Waals surface area (Å²) in [6.45, 7) is 6.98. The number of nitrogens with one attached hydrogen (secondary N) is 1. The summed E-state index contributed by atoms with van der Waals surface area (Å²) in [7, 11) is 2.02. The Kier molecular flexibility index (Phi) is 5.73. The van der Waals surface area contributed by atoms with Gasteiger partial charge in [-0.3, -0.25) is 14.6 Å². The van der Waals surface area contributed by atoms with Gasteiger partial charge in [0.2, 0.25) is 0 Å². The fraction of sp³-hybridized carbons (Fsp3) is 0.636. The molecule has 30 heavy (non-hydrogen) atoms. The van der Waals surface area contributed by atoms with Gasteiger partial charge < -0.3 is 19.0 Å². The van der Waals surface area contributed by atoms with Gasteiger partial charge in [0.25, 0.3) is 5.56 Å². The average molecular weight is 414 g/mol. The monoisotopic (exact) mass is 413 g/mol. The summed E-state index contributed by atoms with van der Waals surface area (Å²) in [5, 5.41) is 0. The van der Waals surface area contributed by atoms with Crippen molar-refractivity contribution >= 4 is 0 Å². The first-order valence-corrected chi connectivity index (χ1v) is 11.0. The van der Waals surface area contributed by atoms with Crippen LogP contribution in [0.3, 0.4) is 0 Å². The molecule has 0 radical (unpaired) electrons. The summed E-state index contributed by atoms with van der Waals surface area (Å²) in [5.74, 6) is 1.83. The van der Waals surface area contributed by atoms with Crippen molar-refractivity contribution in [2.24, 2.45) is 5.92 Å². The largest absolute Gasteiger partial charge is 0.377 e. The second-order valence-corrected chi connectivity index (χ2v) is 8.96. The molecule has 3 aliphatic rings. The summed E-state index contributed by atoms with van der Waals surface area (Å²) < 4.78 is 13.5. The number of imidazole rings is 1. The van der Waals surface area contributed by atoms with Crippen molar-refractivity contribution in [2.45, 2.75) is 38.0 Å². The number of H-pyrrole nitrogens is 1.